The van der Waals surface area contributed by atoms with Crippen molar-refractivity contribution in [3.8, 4) is 5.75 Å². The van der Waals surface area contributed by atoms with Gasteiger partial charge in [-0.15, -0.1) is 0 Å². The van der Waals surface area contributed by atoms with Crippen molar-refractivity contribution in [3.63, 3.8) is 0 Å². The van der Waals surface area contributed by atoms with Crippen LogP contribution in [0.5, 0.6) is 5.75 Å². The fourth-order valence-electron chi connectivity index (χ4n) is 1.39. The minimum atomic E-state index is 0.493. The molecule has 0 aliphatic heterocycles. The van der Waals surface area contributed by atoms with Crippen LogP contribution in [0.25, 0.3) is 0 Å². The lowest BCUT2D eigenvalue weighted by atomic mass is 10.2. The Kier molecular flexibility index (Phi) is 5.83. The van der Waals surface area contributed by atoms with Gasteiger partial charge in [-0.05, 0) is 36.3 Å². The zero-order chi connectivity index (χ0) is 12.5. The van der Waals surface area contributed by atoms with Crippen molar-refractivity contribution in [2.75, 3.05) is 6.54 Å². The molecular formula is C15H19NO. The molecule has 0 saturated carbocycles. The van der Waals surface area contributed by atoms with Crippen LogP contribution >= 0.6 is 0 Å². The first-order chi connectivity index (χ1) is 8.30. The Hall–Kier alpha value is -1.80. The van der Waals surface area contributed by atoms with Gasteiger partial charge in [-0.3, -0.25) is 0 Å². The Bertz CT molecular complexity index is 419. The van der Waals surface area contributed by atoms with Gasteiger partial charge in [0, 0.05) is 6.54 Å². The van der Waals surface area contributed by atoms with Gasteiger partial charge in [0.05, 0.1) is 0 Å². The maximum absolute atomic E-state index is 5.75. The number of hydrogen-bond donors (Lipinski definition) is 1. The molecule has 0 aromatic heterocycles. The molecule has 0 heterocycles. The maximum Gasteiger partial charge on any atom is 0.127 e. The van der Waals surface area contributed by atoms with Crippen molar-refractivity contribution in [2.24, 2.45) is 5.73 Å². The van der Waals surface area contributed by atoms with E-state index in [2.05, 4.69) is 19.6 Å². The quantitative estimate of drug-likeness (QED) is 0.600. The average molecular weight is 229 g/mol. The van der Waals surface area contributed by atoms with Crippen LogP contribution < -0.4 is 10.5 Å². The van der Waals surface area contributed by atoms with E-state index in [4.69, 9.17) is 10.5 Å². The van der Waals surface area contributed by atoms with E-state index < -0.39 is 0 Å². The molecule has 0 spiro atoms. The highest BCUT2D eigenvalue weighted by Gasteiger charge is 1.97. The summed E-state index contributed by atoms with van der Waals surface area (Å²) >= 11 is 0. The van der Waals surface area contributed by atoms with Gasteiger partial charge >= 0.3 is 0 Å². The van der Waals surface area contributed by atoms with Gasteiger partial charge in [0.25, 0.3) is 0 Å². The second-order valence-corrected chi connectivity index (χ2v) is 3.55. The molecule has 0 fully saturated rings. The Morgan fingerprint density at radius 2 is 2.29 bits per heavy atom. The standard InChI is InChI=1S/C15H19NO/c1-3-7-14(10-6-11-16)17-15-9-5-8-13(4-2)12-15/h3,5-10,12H,1,4,11,16H2,2H3/b10-6-,14-7+. The normalized spacial score (nSPS) is 11.8. The SMILES string of the molecule is C=C/C=C(\C=C/CN)Oc1cccc(CC)c1. The third-order valence-corrected chi connectivity index (χ3v) is 2.24. The first-order valence-corrected chi connectivity index (χ1v) is 5.76. The van der Waals surface area contributed by atoms with E-state index in [0.717, 1.165) is 17.9 Å². The molecule has 0 radical (unpaired) electrons. The zero-order valence-electron chi connectivity index (χ0n) is 10.2. The molecule has 0 aliphatic rings. The van der Waals surface area contributed by atoms with Crippen LogP contribution in [0, 0.1) is 0 Å². The number of benzene rings is 1. The van der Waals surface area contributed by atoms with E-state index in [0.29, 0.717) is 6.54 Å². The van der Waals surface area contributed by atoms with Crippen molar-refractivity contribution < 1.29 is 4.74 Å². The monoisotopic (exact) mass is 229 g/mol. The van der Waals surface area contributed by atoms with Crippen LogP contribution in [0.3, 0.4) is 0 Å². The van der Waals surface area contributed by atoms with E-state index >= 15 is 0 Å². The van der Waals surface area contributed by atoms with E-state index in [1.807, 2.05) is 36.4 Å². The van der Waals surface area contributed by atoms with Gasteiger partial charge in [-0.25, -0.2) is 0 Å². The Morgan fingerprint density at radius 1 is 1.47 bits per heavy atom. The molecule has 90 valence electrons. The van der Waals surface area contributed by atoms with Crippen molar-refractivity contribution in [2.45, 2.75) is 13.3 Å². The first kappa shape index (κ1) is 13.3. The van der Waals surface area contributed by atoms with Crippen molar-refractivity contribution in [3.05, 3.63) is 66.5 Å². The minimum Gasteiger partial charge on any atom is -0.457 e. The minimum absolute atomic E-state index is 0.493. The summed E-state index contributed by atoms with van der Waals surface area (Å²) in [6.45, 7) is 6.27. The van der Waals surface area contributed by atoms with Crippen LogP contribution in [-0.4, -0.2) is 6.54 Å². The molecule has 0 aliphatic carbocycles. The van der Waals surface area contributed by atoms with Crippen LogP contribution in [-0.2, 0) is 6.42 Å². The predicted octanol–water partition coefficient (Wildman–Crippen LogP) is 3.21. The highest BCUT2D eigenvalue weighted by molar-refractivity contribution is 5.32. The summed E-state index contributed by atoms with van der Waals surface area (Å²) in [4.78, 5) is 0. The summed E-state index contributed by atoms with van der Waals surface area (Å²) < 4.78 is 5.75. The molecule has 2 N–H and O–H groups in total. The topological polar surface area (TPSA) is 35.2 Å². The molecule has 1 aromatic carbocycles. The largest absolute Gasteiger partial charge is 0.457 e. The van der Waals surface area contributed by atoms with Gasteiger partial charge < -0.3 is 10.5 Å². The third kappa shape index (κ3) is 4.70. The predicted molar refractivity (Wildman–Crippen MR) is 72.9 cm³/mol. The third-order valence-electron chi connectivity index (χ3n) is 2.24. The second kappa shape index (κ2) is 7.47. The maximum atomic E-state index is 5.75. The number of rotatable bonds is 6. The summed E-state index contributed by atoms with van der Waals surface area (Å²) in [6, 6.07) is 8.05. The summed E-state index contributed by atoms with van der Waals surface area (Å²) in [6.07, 6.45) is 8.19. The highest BCUT2D eigenvalue weighted by atomic mass is 16.5. The molecule has 2 nitrogen and oxygen atoms in total. The van der Waals surface area contributed by atoms with Crippen LogP contribution in [0.1, 0.15) is 12.5 Å². The summed E-state index contributed by atoms with van der Waals surface area (Å²) in [5.74, 6) is 1.57. The molecule has 17 heavy (non-hydrogen) atoms. The van der Waals surface area contributed by atoms with E-state index in [1.165, 1.54) is 5.56 Å². The fourth-order valence-corrected chi connectivity index (χ4v) is 1.39. The number of aryl methyl sites for hydroxylation is 1. The van der Waals surface area contributed by atoms with Crippen LogP contribution in [0.2, 0.25) is 0 Å². The van der Waals surface area contributed by atoms with E-state index in [-0.39, 0.29) is 0 Å². The van der Waals surface area contributed by atoms with Gasteiger partial charge in [-0.2, -0.15) is 0 Å². The molecule has 0 unspecified atom stereocenters. The van der Waals surface area contributed by atoms with Crippen molar-refractivity contribution >= 4 is 0 Å². The Morgan fingerprint density at radius 3 is 2.94 bits per heavy atom. The molecule has 0 atom stereocenters. The lowest BCUT2D eigenvalue weighted by Crippen LogP contribution is -1.96. The first-order valence-electron chi connectivity index (χ1n) is 5.76. The van der Waals surface area contributed by atoms with Crippen molar-refractivity contribution in [1.29, 1.82) is 0 Å². The molecule has 2 heteroatoms. The molecule has 0 amide bonds. The van der Waals surface area contributed by atoms with Gasteiger partial charge in [0.1, 0.15) is 11.5 Å². The summed E-state index contributed by atoms with van der Waals surface area (Å²) in [5, 5.41) is 0. The molecule has 1 aromatic rings. The van der Waals surface area contributed by atoms with E-state index in [1.54, 1.807) is 6.08 Å². The zero-order valence-corrected chi connectivity index (χ0v) is 10.2. The lowest BCUT2D eigenvalue weighted by Gasteiger charge is -2.07. The Balaban J connectivity index is 2.82. The summed E-state index contributed by atoms with van der Waals surface area (Å²) in [5.41, 5.74) is 6.67. The number of hydrogen-bond acceptors (Lipinski definition) is 2. The smallest absolute Gasteiger partial charge is 0.127 e. The molecule has 0 saturated heterocycles. The fraction of sp³-hybridized carbons (Fsp3) is 0.200. The van der Waals surface area contributed by atoms with Crippen LogP contribution in [0.4, 0.5) is 0 Å². The lowest BCUT2D eigenvalue weighted by molar-refractivity contribution is 0.444. The molecular weight excluding hydrogens is 210 g/mol. The molecule has 0 bridgehead atoms. The van der Waals surface area contributed by atoms with Gasteiger partial charge in [-0.1, -0.05) is 37.8 Å². The molecule has 1 rings (SSSR count). The number of allylic oxidation sites excluding steroid dienone is 3. The van der Waals surface area contributed by atoms with Gasteiger partial charge in [0.15, 0.2) is 0 Å². The highest BCUT2D eigenvalue weighted by Crippen LogP contribution is 2.17. The Labute approximate surface area is 103 Å². The second-order valence-electron chi connectivity index (χ2n) is 3.55. The van der Waals surface area contributed by atoms with Gasteiger partial charge in [0.2, 0.25) is 0 Å². The summed E-state index contributed by atoms with van der Waals surface area (Å²) in [7, 11) is 0. The number of nitrogens with two attached hydrogens (primary N) is 1. The van der Waals surface area contributed by atoms with Crippen LogP contribution in [0.15, 0.2) is 60.9 Å². The number of ether oxygens (including phenoxy) is 1. The van der Waals surface area contributed by atoms with Crippen molar-refractivity contribution in [1.82, 2.24) is 0 Å². The average Bonchev–Trinajstić information content (AvgIpc) is 2.36. The van der Waals surface area contributed by atoms with E-state index in [9.17, 15) is 0 Å².